The summed E-state index contributed by atoms with van der Waals surface area (Å²) in [5.74, 6) is 0.253. The molecule has 1 unspecified atom stereocenters. The van der Waals surface area contributed by atoms with Gasteiger partial charge in [0.05, 0.1) is 7.11 Å². The lowest BCUT2D eigenvalue weighted by Gasteiger charge is -2.18. The van der Waals surface area contributed by atoms with Gasteiger partial charge in [0.25, 0.3) is 0 Å². The van der Waals surface area contributed by atoms with Crippen LogP contribution in [0.4, 0.5) is 5.69 Å². The van der Waals surface area contributed by atoms with Crippen molar-refractivity contribution in [1.29, 1.82) is 0 Å². The quantitative estimate of drug-likeness (QED) is 0.703. The topological polar surface area (TPSA) is 84.7 Å². The molecule has 0 saturated carbocycles. The van der Waals surface area contributed by atoms with Gasteiger partial charge >= 0.3 is 0 Å². The van der Waals surface area contributed by atoms with Crippen LogP contribution in [0, 0.1) is 0 Å². The van der Waals surface area contributed by atoms with Crippen molar-refractivity contribution in [2.45, 2.75) is 24.3 Å². The SMILES string of the molecule is COc1cc(Br)c(N)cc1S(=O)(=O)NC(C)CCN(C)C. The Bertz CT molecular complexity index is 591. The first kappa shape index (κ1) is 18.2. The van der Waals surface area contributed by atoms with Crippen LogP contribution in [0.25, 0.3) is 0 Å². The van der Waals surface area contributed by atoms with Crippen molar-refractivity contribution in [1.82, 2.24) is 9.62 Å². The zero-order valence-corrected chi connectivity index (χ0v) is 15.1. The van der Waals surface area contributed by atoms with Crippen molar-refractivity contribution in [3.63, 3.8) is 0 Å². The van der Waals surface area contributed by atoms with Gasteiger partial charge in [-0.05, 0) is 62.0 Å². The lowest BCUT2D eigenvalue weighted by Crippen LogP contribution is -2.35. The number of sulfonamides is 1. The maximum atomic E-state index is 12.5. The third-order valence-electron chi connectivity index (χ3n) is 2.94. The third-order valence-corrected chi connectivity index (χ3v) is 5.24. The molecule has 120 valence electrons. The molecule has 0 aromatic heterocycles. The van der Waals surface area contributed by atoms with Gasteiger partial charge in [0, 0.05) is 16.2 Å². The highest BCUT2D eigenvalue weighted by molar-refractivity contribution is 9.10. The Labute approximate surface area is 134 Å². The molecule has 0 fully saturated rings. The summed E-state index contributed by atoms with van der Waals surface area (Å²) in [7, 11) is 1.63. The van der Waals surface area contributed by atoms with E-state index in [1.807, 2.05) is 25.9 Å². The number of hydrogen-bond donors (Lipinski definition) is 2. The Kier molecular flexibility index (Phi) is 6.45. The second-order valence-electron chi connectivity index (χ2n) is 5.14. The normalized spacial score (nSPS) is 13.4. The van der Waals surface area contributed by atoms with Crippen molar-refractivity contribution in [3.8, 4) is 5.75 Å². The van der Waals surface area contributed by atoms with E-state index >= 15 is 0 Å². The first-order valence-electron chi connectivity index (χ1n) is 6.47. The van der Waals surface area contributed by atoms with Crippen LogP contribution in [0.1, 0.15) is 13.3 Å². The minimum Gasteiger partial charge on any atom is -0.495 e. The van der Waals surface area contributed by atoms with Crippen LogP contribution < -0.4 is 15.2 Å². The standard InChI is InChI=1S/C13H22BrN3O3S/c1-9(5-6-17(2)3)16-21(18,19)13-8-11(15)10(14)7-12(13)20-4/h7-9,16H,5-6,15H2,1-4H3. The monoisotopic (exact) mass is 379 g/mol. The van der Waals surface area contributed by atoms with E-state index in [4.69, 9.17) is 10.5 Å². The second kappa shape index (κ2) is 7.44. The molecule has 1 rings (SSSR count). The lowest BCUT2D eigenvalue weighted by atomic mass is 10.2. The van der Waals surface area contributed by atoms with Gasteiger partial charge in [-0.2, -0.15) is 0 Å². The number of nitrogens with one attached hydrogen (secondary N) is 1. The van der Waals surface area contributed by atoms with E-state index in [1.54, 1.807) is 6.07 Å². The van der Waals surface area contributed by atoms with Gasteiger partial charge < -0.3 is 15.4 Å². The summed E-state index contributed by atoms with van der Waals surface area (Å²) in [6.45, 7) is 2.62. The fourth-order valence-electron chi connectivity index (χ4n) is 1.76. The molecule has 0 amide bonds. The van der Waals surface area contributed by atoms with Gasteiger partial charge in [0.2, 0.25) is 10.0 Å². The predicted molar refractivity (Wildman–Crippen MR) is 88.1 cm³/mol. The van der Waals surface area contributed by atoms with Crippen LogP contribution in [-0.4, -0.2) is 47.1 Å². The summed E-state index contributed by atoms with van der Waals surface area (Å²) < 4.78 is 33.3. The zero-order chi connectivity index (χ0) is 16.2. The minimum absolute atomic E-state index is 0.0439. The van der Waals surface area contributed by atoms with E-state index in [0.717, 1.165) is 6.54 Å². The van der Waals surface area contributed by atoms with E-state index in [0.29, 0.717) is 16.6 Å². The van der Waals surface area contributed by atoms with Gasteiger partial charge in [-0.15, -0.1) is 0 Å². The molecule has 21 heavy (non-hydrogen) atoms. The van der Waals surface area contributed by atoms with E-state index < -0.39 is 10.0 Å². The van der Waals surface area contributed by atoms with Crippen LogP contribution in [0.5, 0.6) is 5.75 Å². The summed E-state index contributed by atoms with van der Waals surface area (Å²) in [5, 5.41) is 0. The number of nitrogens with zero attached hydrogens (tertiary/aromatic N) is 1. The number of methoxy groups -OCH3 is 1. The van der Waals surface area contributed by atoms with Gasteiger partial charge in [-0.3, -0.25) is 0 Å². The molecule has 0 spiro atoms. The smallest absolute Gasteiger partial charge is 0.244 e. The molecule has 0 aliphatic heterocycles. The number of rotatable bonds is 7. The molecule has 0 radical (unpaired) electrons. The highest BCUT2D eigenvalue weighted by Gasteiger charge is 2.23. The Morgan fingerprint density at radius 1 is 1.43 bits per heavy atom. The summed E-state index contributed by atoms with van der Waals surface area (Å²) in [4.78, 5) is 2.05. The van der Waals surface area contributed by atoms with E-state index in [-0.39, 0.29) is 16.7 Å². The first-order chi connectivity index (χ1) is 9.67. The molecule has 1 aromatic rings. The fourth-order valence-corrected chi connectivity index (χ4v) is 3.55. The van der Waals surface area contributed by atoms with E-state index in [9.17, 15) is 8.42 Å². The van der Waals surface area contributed by atoms with Gasteiger partial charge in [-0.1, -0.05) is 0 Å². The molecule has 0 aliphatic rings. The molecule has 0 bridgehead atoms. The van der Waals surface area contributed by atoms with Crippen LogP contribution >= 0.6 is 15.9 Å². The number of benzene rings is 1. The van der Waals surface area contributed by atoms with Crippen molar-refractivity contribution in [2.24, 2.45) is 0 Å². The number of hydrogen-bond acceptors (Lipinski definition) is 5. The molecule has 1 aromatic carbocycles. The molecule has 8 heteroatoms. The van der Waals surface area contributed by atoms with Crippen molar-refractivity contribution in [2.75, 3.05) is 33.5 Å². The van der Waals surface area contributed by atoms with Crippen LogP contribution in [0.3, 0.4) is 0 Å². The van der Waals surface area contributed by atoms with Crippen molar-refractivity contribution in [3.05, 3.63) is 16.6 Å². The average molecular weight is 380 g/mol. The Morgan fingerprint density at radius 3 is 2.57 bits per heavy atom. The highest BCUT2D eigenvalue weighted by atomic mass is 79.9. The van der Waals surface area contributed by atoms with Crippen LogP contribution in [-0.2, 0) is 10.0 Å². The molecular formula is C13H22BrN3O3S. The summed E-state index contributed by atoms with van der Waals surface area (Å²) in [6, 6.07) is 2.75. The third kappa shape index (κ3) is 5.14. The van der Waals surface area contributed by atoms with E-state index in [2.05, 4.69) is 20.7 Å². The number of ether oxygens (including phenoxy) is 1. The summed E-state index contributed by atoms with van der Waals surface area (Å²) in [6.07, 6.45) is 0.709. The molecule has 0 heterocycles. The number of nitrogen functional groups attached to an aromatic ring is 1. The Hall–Kier alpha value is -0.830. The lowest BCUT2D eigenvalue weighted by molar-refractivity contribution is 0.378. The maximum Gasteiger partial charge on any atom is 0.244 e. The largest absolute Gasteiger partial charge is 0.495 e. The van der Waals surface area contributed by atoms with E-state index in [1.165, 1.54) is 13.2 Å². The summed E-state index contributed by atoms with van der Waals surface area (Å²) in [5.41, 5.74) is 6.11. The average Bonchev–Trinajstić information content (AvgIpc) is 2.38. The predicted octanol–water partition coefficient (Wildman–Crippen LogP) is 1.66. The molecular weight excluding hydrogens is 358 g/mol. The zero-order valence-electron chi connectivity index (χ0n) is 12.7. The van der Waals surface area contributed by atoms with Crippen molar-refractivity contribution < 1.29 is 13.2 Å². The van der Waals surface area contributed by atoms with Crippen LogP contribution in [0.2, 0.25) is 0 Å². The highest BCUT2D eigenvalue weighted by Crippen LogP contribution is 2.32. The Morgan fingerprint density at radius 2 is 2.05 bits per heavy atom. The molecule has 0 saturated heterocycles. The maximum absolute atomic E-state index is 12.5. The fraction of sp³-hybridized carbons (Fsp3) is 0.538. The molecule has 1 atom stereocenters. The van der Waals surface area contributed by atoms with Gasteiger partial charge in [-0.25, -0.2) is 13.1 Å². The van der Waals surface area contributed by atoms with Gasteiger partial charge in [0.1, 0.15) is 10.6 Å². The minimum atomic E-state index is -3.68. The molecule has 6 nitrogen and oxygen atoms in total. The second-order valence-corrected chi connectivity index (χ2v) is 7.68. The molecule has 3 N–H and O–H groups in total. The van der Waals surface area contributed by atoms with Gasteiger partial charge in [0.15, 0.2) is 0 Å². The van der Waals surface area contributed by atoms with Crippen LogP contribution in [0.15, 0.2) is 21.5 Å². The Balaban J connectivity index is 3.00. The molecule has 0 aliphatic carbocycles. The summed E-state index contributed by atoms with van der Waals surface area (Å²) >= 11 is 3.25. The first-order valence-corrected chi connectivity index (χ1v) is 8.75. The number of halogens is 1. The van der Waals surface area contributed by atoms with Crippen molar-refractivity contribution >= 4 is 31.6 Å². The number of anilines is 1. The number of nitrogens with two attached hydrogens (primary N) is 1.